The van der Waals surface area contributed by atoms with Crippen molar-refractivity contribution in [3.8, 4) is 0 Å². The fourth-order valence-corrected chi connectivity index (χ4v) is 3.50. The molecule has 2 aromatic carbocycles. The summed E-state index contributed by atoms with van der Waals surface area (Å²) in [6, 6.07) is 14.3. The van der Waals surface area contributed by atoms with Gasteiger partial charge in [-0.2, -0.15) is 0 Å². The van der Waals surface area contributed by atoms with Crippen molar-refractivity contribution >= 4 is 12.1 Å². The number of aliphatic carboxylic acids is 1. The lowest BCUT2D eigenvalue weighted by Gasteiger charge is -2.25. The van der Waals surface area contributed by atoms with Gasteiger partial charge < -0.3 is 19.5 Å². The number of likely N-dealkylation sites (tertiary alicyclic amines) is 1. The van der Waals surface area contributed by atoms with Crippen LogP contribution in [0.1, 0.15) is 48.8 Å². The van der Waals surface area contributed by atoms with Gasteiger partial charge in [0.1, 0.15) is 12.4 Å². The van der Waals surface area contributed by atoms with Crippen LogP contribution in [-0.4, -0.2) is 41.8 Å². The first-order valence-electron chi connectivity index (χ1n) is 11.5. The molecule has 1 saturated carbocycles. The fraction of sp³-hybridized carbons (Fsp3) is 0.462. The summed E-state index contributed by atoms with van der Waals surface area (Å²) in [6.45, 7) is 3.00. The molecule has 178 valence electrons. The second-order valence-electron chi connectivity index (χ2n) is 8.54. The van der Waals surface area contributed by atoms with E-state index in [2.05, 4.69) is 0 Å². The third kappa shape index (κ3) is 9.22. The van der Waals surface area contributed by atoms with Crippen LogP contribution in [0.5, 0.6) is 0 Å². The van der Waals surface area contributed by atoms with Gasteiger partial charge in [0, 0.05) is 25.3 Å². The van der Waals surface area contributed by atoms with Gasteiger partial charge in [-0.3, -0.25) is 4.79 Å². The summed E-state index contributed by atoms with van der Waals surface area (Å²) in [5, 5.41) is 8.59. The molecule has 1 aliphatic heterocycles. The normalized spacial score (nSPS) is 15.4. The van der Waals surface area contributed by atoms with E-state index in [0.717, 1.165) is 31.5 Å². The summed E-state index contributed by atoms with van der Waals surface area (Å²) in [5.74, 6) is -0.689. The third-order valence-electron chi connectivity index (χ3n) is 5.60. The molecule has 0 atom stereocenters. The number of hydrogen-bond acceptors (Lipinski definition) is 4. The first-order chi connectivity index (χ1) is 16.0. The zero-order valence-electron chi connectivity index (χ0n) is 18.9. The van der Waals surface area contributed by atoms with E-state index < -0.39 is 5.97 Å². The van der Waals surface area contributed by atoms with Crippen LogP contribution < -0.4 is 0 Å². The Hall–Kier alpha value is -2.93. The number of nitrogens with zero attached hydrogens (tertiary/aromatic N) is 1. The average molecular weight is 458 g/mol. The highest BCUT2D eigenvalue weighted by atomic mass is 19.1. The van der Waals surface area contributed by atoms with Gasteiger partial charge in [-0.15, -0.1) is 0 Å². The molecule has 2 aliphatic rings. The highest BCUT2D eigenvalue weighted by molar-refractivity contribution is 5.70. The highest BCUT2D eigenvalue weighted by Gasteiger charge is 2.21. The third-order valence-corrected chi connectivity index (χ3v) is 5.60. The standard InChI is InChI=1S/C13H15FO3.C13H17NO2/c14-12-5-10(6-13(15)16)3-4-11(12)8-17-7-9-1-2-9;15-13(14-9-5-2-6-10-14)16-11-12-7-3-1-4-8-12/h3-5,9H,1-2,6-8H2,(H,15,16);1,3-4,7-8H,2,5-6,9-11H2. The van der Waals surface area contributed by atoms with Crippen LogP contribution in [0.4, 0.5) is 9.18 Å². The van der Waals surface area contributed by atoms with Crippen LogP contribution in [0, 0.1) is 11.7 Å². The summed E-state index contributed by atoms with van der Waals surface area (Å²) in [4.78, 5) is 23.9. The number of amides is 1. The van der Waals surface area contributed by atoms with Crippen LogP contribution >= 0.6 is 0 Å². The van der Waals surface area contributed by atoms with E-state index in [0.29, 0.717) is 30.3 Å². The molecule has 1 aliphatic carbocycles. The van der Waals surface area contributed by atoms with Crippen molar-refractivity contribution in [1.29, 1.82) is 0 Å². The Bertz CT molecular complexity index is 895. The van der Waals surface area contributed by atoms with Crippen LogP contribution in [0.3, 0.4) is 0 Å². The van der Waals surface area contributed by atoms with Gasteiger partial charge in [0.15, 0.2) is 0 Å². The number of carbonyl (C=O) groups excluding carboxylic acids is 1. The van der Waals surface area contributed by atoms with Crippen LogP contribution in [0.25, 0.3) is 0 Å². The number of ether oxygens (including phenoxy) is 2. The largest absolute Gasteiger partial charge is 0.481 e. The molecule has 0 spiro atoms. The van der Waals surface area contributed by atoms with Gasteiger partial charge in [-0.25, -0.2) is 9.18 Å². The highest BCUT2D eigenvalue weighted by Crippen LogP contribution is 2.29. The van der Waals surface area contributed by atoms with E-state index in [1.165, 1.54) is 25.3 Å². The number of halogens is 1. The molecule has 4 rings (SSSR count). The molecule has 7 heteroatoms. The Morgan fingerprint density at radius 3 is 2.33 bits per heavy atom. The van der Waals surface area contributed by atoms with E-state index in [4.69, 9.17) is 14.6 Å². The number of carboxylic acids is 1. The van der Waals surface area contributed by atoms with E-state index in [-0.39, 0.29) is 24.9 Å². The number of benzene rings is 2. The molecular weight excluding hydrogens is 425 g/mol. The van der Waals surface area contributed by atoms with Gasteiger partial charge in [0.25, 0.3) is 0 Å². The summed E-state index contributed by atoms with van der Waals surface area (Å²) < 4.78 is 24.2. The van der Waals surface area contributed by atoms with E-state index in [9.17, 15) is 14.0 Å². The minimum atomic E-state index is -0.956. The minimum Gasteiger partial charge on any atom is -0.481 e. The molecule has 1 heterocycles. The summed E-state index contributed by atoms with van der Waals surface area (Å²) in [5.41, 5.74) is 1.99. The fourth-order valence-electron chi connectivity index (χ4n) is 3.50. The lowest BCUT2D eigenvalue weighted by atomic mass is 10.1. The van der Waals surface area contributed by atoms with Crippen molar-refractivity contribution < 1.29 is 28.6 Å². The Labute approximate surface area is 194 Å². The molecule has 6 nitrogen and oxygen atoms in total. The molecular formula is C26H32FNO5. The quantitative estimate of drug-likeness (QED) is 0.591. The molecule has 33 heavy (non-hydrogen) atoms. The molecule has 1 saturated heterocycles. The number of carbonyl (C=O) groups is 2. The summed E-state index contributed by atoms with van der Waals surface area (Å²) >= 11 is 0. The maximum atomic E-state index is 13.6. The van der Waals surface area contributed by atoms with Crippen LogP contribution in [-0.2, 0) is 33.9 Å². The minimum absolute atomic E-state index is 0.153. The van der Waals surface area contributed by atoms with Gasteiger partial charge >= 0.3 is 12.1 Å². The zero-order valence-corrected chi connectivity index (χ0v) is 18.9. The molecule has 0 radical (unpaired) electrons. The van der Waals surface area contributed by atoms with E-state index in [1.807, 2.05) is 30.3 Å². The summed E-state index contributed by atoms with van der Waals surface area (Å²) in [7, 11) is 0. The Kier molecular flexibility index (Phi) is 9.69. The molecule has 0 bridgehead atoms. The Morgan fingerprint density at radius 1 is 0.970 bits per heavy atom. The smallest absolute Gasteiger partial charge is 0.410 e. The predicted molar refractivity (Wildman–Crippen MR) is 122 cm³/mol. The van der Waals surface area contributed by atoms with Crippen molar-refractivity contribution in [3.05, 3.63) is 71.0 Å². The van der Waals surface area contributed by atoms with Crippen molar-refractivity contribution in [2.24, 2.45) is 5.92 Å². The number of carboxylic acid groups (broad SMARTS) is 1. The number of rotatable bonds is 8. The van der Waals surface area contributed by atoms with Crippen molar-refractivity contribution in [1.82, 2.24) is 4.90 Å². The van der Waals surface area contributed by atoms with Crippen LogP contribution in [0.15, 0.2) is 48.5 Å². The van der Waals surface area contributed by atoms with Gasteiger partial charge in [-0.1, -0.05) is 42.5 Å². The molecule has 2 fully saturated rings. The van der Waals surface area contributed by atoms with Crippen molar-refractivity contribution in [2.45, 2.75) is 51.7 Å². The summed E-state index contributed by atoms with van der Waals surface area (Å²) in [6.07, 6.45) is 5.51. The molecule has 1 N–H and O–H groups in total. The average Bonchev–Trinajstić information content (AvgIpc) is 3.65. The lowest BCUT2D eigenvalue weighted by molar-refractivity contribution is -0.136. The van der Waals surface area contributed by atoms with Gasteiger partial charge in [0.05, 0.1) is 13.0 Å². The maximum Gasteiger partial charge on any atom is 0.410 e. The SMILES string of the molecule is O=C(O)Cc1ccc(COCC2CC2)c(F)c1.O=C(OCc1ccccc1)N1CCCCC1. The first kappa shape index (κ1) is 24.7. The van der Waals surface area contributed by atoms with E-state index >= 15 is 0 Å². The van der Waals surface area contributed by atoms with Gasteiger partial charge in [0.2, 0.25) is 0 Å². The zero-order chi connectivity index (χ0) is 23.5. The number of hydrogen-bond donors (Lipinski definition) is 1. The monoisotopic (exact) mass is 457 g/mol. The topological polar surface area (TPSA) is 76.1 Å². The molecule has 2 aromatic rings. The first-order valence-corrected chi connectivity index (χ1v) is 11.5. The molecule has 0 aromatic heterocycles. The second-order valence-corrected chi connectivity index (χ2v) is 8.54. The van der Waals surface area contributed by atoms with E-state index in [1.54, 1.807) is 17.0 Å². The number of piperidine rings is 1. The van der Waals surface area contributed by atoms with Gasteiger partial charge in [-0.05, 0) is 55.2 Å². The second kappa shape index (κ2) is 12.9. The Morgan fingerprint density at radius 2 is 1.70 bits per heavy atom. The van der Waals surface area contributed by atoms with Crippen LogP contribution in [0.2, 0.25) is 0 Å². The van der Waals surface area contributed by atoms with Crippen molar-refractivity contribution in [2.75, 3.05) is 19.7 Å². The predicted octanol–water partition coefficient (Wildman–Crippen LogP) is 5.19. The molecule has 1 amide bonds. The Balaban J connectivity index is 0.000000186. The maximum absolute atomic E-state index is 13.6. The van der Waals surface area contributed by atoms with Crippen molar-refractivity contribution in [3.63, 3.8) is 0 Å². The molecule has 0 unspecified atom stereocenters. The lowest BCUT2D eigenvalue weighted by Crippen LogP contribution is -2.35.